The molecule has 176 valence electrons. The fourth-order valence-electron chi connectivity index (χ4n) is 4.86. The average Bonchev–Trinajstić information content (AvgIpc) is 3.33. The number of hydrogen-bond acceptors (Lipinski definition) is 5. The van der Waals surface area contributed by atoms with E-state index in [-0.39, 0.29) is 29.2 Å². The van der Waals surface area contributed by atoms with Crippen molar-refractivity contribution in [2.45, 2.75) is 26.3 Å². The minimum Gasteiger partial charge on any atom is -0.494 e. The Kier molecular flexibility index (Phi) is 5.85. The van der Waals surface area contributed by atoms with E-state index in [1.807, 2.05) is 36.9 Å². The van der Waals surface area contributed by atoms with E-state index in [0.29, 0.717) is 30.6 Å². The van der Waals surface area contributed by atoms with Crippen LogP contribution in [0.25, 0.3) is 10.4 Å². The number of rotatable bonds is 6. The first-order chi connectivity index (χ1) is 16.4. The molecule has 2 aliphatic rings. The van der Waals surface area contributed by atoms with Crippen molar-refractivity contribution >= 4 is 23.2 Å². The lowest BCUT2D eigenvalue weighted by Crippen LogP contribution is -2.45. The zero-order valence-corrected chi connectivity index (χ0v) is 20.1. The Morgan fingerprint density at radius 2 is 2.06 bits per heavy atom. The first-order valence-electron chi connectivity index (χ1n) is 11.3. The Morgan fingerprint density at radius 1 is 1.24 bits per heavy atom. The predicted molar refractivity (Wildman–Crippen MR) is 129 cm³/mol. The number of aromatic nitrogens is 1. The molecule has 2 fully saturated rings. The first kappa shape index (κ1) is 22.5. The summed E-state index contributed by atoms with van der Waals surface area (Å²) >= 11 is 1.52. The van der Waals surface area contributed by atoms with E-state index in [0.717, 1.165) is 33.5 Å². The number of ether oxygens (including phenoxy) is 1. The van der Waals surface area contributed by atoms with Gasteiger partial charge in [-0.15, -0.1) is 11.3 Å². The van der Waals surface area contributed by atoms with Crippen LogP contribution >= 0.6 is 11.3 Å². The third-order valence-corrected chi connectivity index (χ3v) is 7.69. The van der Waals surface area contributed by atoms with Gasteiger partial charge in [-0.1, -0.05) is 29.8 Å². The number of halogens is 1. The molecule has 34 heavy (non-hydrogen) atoms. The van der Waals surface area contributed by atoms with Crippen molar-refractivity contribution in [1.82, 2.24) is 15.2 Å². The zero-order valence-electron chi connectivity index (χ0n) is 19.3. The number of aryl methyl sites for hydroxylation is 2. The molecular weight excluding hydrogens is 453 g/mol. The van der Waals surface area contributed by atoms with Crippen LogP contribution < -0.4 is 10.1 Å². The quantitative estimate of drug-likeness (QED) is 0.567. The Bertz CT molecular complexity index is 1270. The van der Waals surface area contributed by atoms with Crippen molar-refractivity contribution in [2.24, 2.45) is 11.8 Å². The zero-order chi connectivity index (χ0) is 24.0. The molecule has 1 saturated carbocycles. The number of likely N-dealkylation sites (tertiary alicyclic amines) is 1. The van der Waals surface area contributed by atoms with Crippen LogP contribution in [0, 0.1) is 31.5 Å². The SMILES string of the molecule is COc1ccc(C(=O)NC[C@@H]2[C@@H]3C[C@@H]3CN2C(=O)c2nc(C)sc2-c2cccc(C)c2)cc1F. The number of methoxy groups -OCH3 is 1. The summed E-state index contributed by atoms with van der Waals surface area (Å²) < 4.78 is 18.9. The van der Waals surface area contributed by atoms with Gasteiger partial charge in [-0.3, -0.25) is 9.59 Å². The second-order valence-electron chi connectivity index (χ2n) is 9.02. The maximum atomic E-state index is 14.0. The maximum absolute atomic E-state index is 14.0. The van der Waals surface area contributed by atoms with Crippen molar-refractivity contribution in [3.63, 3.8) is 0 Å². The minimum atomic E-state index is -0.586. The highest BCUT2D eigenvalue weighted by molar-refractivity contribution is 7.15. The highest BCUT2D eigenvalue weighted by atomic mass is 32.1. The number of thiazole rings is 1. The number of nitrogens with zero attached hydrogens (tertiary/aromatic N) is 2. The molecule has 0 unspecified atom stereocenters. The number of nitrogens with one attached hydrogen (secondary N) is 1. The van der Waals surface area contributed by atoms with Crippen LogP contribution in [0.1, 0.15) is 37.8 Å². The highest BCUT2D eigenvalue weighted by Crippen LogP contribution is 2.50. The third kappa shape index (κ3) is 4.18. The predicted octanol–water partition coefficient (Wildman–Crippen LogP) is 4.47. The standard InChI is InChI=1S/C26H26FN3O3S/c1-14-5-4-6-16(9-14)24-23(29-15(2)34-24)26(32)30-13-18-10-19(18)21(30)12-28-25(31)17-7-8-22(33-3)20(27)11-17/h4-9,11,18-19,21H,10,12-13H2,1-3H3,(H,28,31)/t18-,19-,21-/m1/s1. The van der Waals surface area contributed by atoms with E-state index in [1.54, 1.807) is 0 Å². The number of carbonyl (C=O) groups is 2. The van der Waals surface area contributed by atoms with Gasteiger partial charge in [0.15, 0.2) is 11.6 Å². The molecule has 6 nitrogen and oxygen atoms in total. The topological polar surface area (TPSA) is 71.5 Å². The maximum Gasteiger partial charge on any atom is 0.274 e. The van der Waals surface area contributed by atoms with Crippen molar-refractivity contribution in [1.29, 1.82) is 0 Å². The third-order valence-electron chi connectivity index (χ3n) is 6.67. The molecule has 2 aromatic carbocycles. The molecule has 0 spiro atoms. The number of benzene rings is 2. The second kappa shape index (κ2) is 8.83. The smallest absolute Gasteiger partial charge is 0.274 e. The lowest BCUT2D eigenvalue weighted by atomic mass is 10.1. The van der Waals surface area contributed by atoms with E-state index in [4.69, 9.17) is 4.74 Å². The van der Waals surface area contributed by atoms with Gasteiger partial charge in [0.2, 0.25) is 0 Å². The fraction of sp³-hybridized carbons (Fsp3) is 0.346. The summed E-state index contributed by atoms with van der Waals surface area (Å²) in [5, 5.41) is 3.74. The Balaban J connectivity index is 1.33. The van der Waals surface area contributed by atoms with E-state index < -0.39 is 5.82 Å². The van der Waals surface area contributed by atoms with Crippen LogP contribution in [0.3, 0.4) is 0 Å². The van der Waals surface area contributed by atoms with E-state index in [9.17, 15) is 14.0 Å². The van der Waals surface area contributed by atoms with Gasteiger partial charge in [-0.05, 0) is 55.9 Å². The summed E-state index contributed by atoms with van der Waals surface area (Å²) in [5.74, 6) is -0.123. The van der Waals surface area contributed by atoms with Gasteiger partial charge in [0.25, 0.3) is 11.8 Å². The normalized spacial score (nSPS) is 20.7. The first-order valence-corrected chi connectivity index (χ1v) is 12.1. The molecule has 5 rings (SSSR count). The summed E-state index contributed by atoms with van der Waals surface area (Å²) in [6.07, 6.45) is 1.06. The molecule has 1 saturated heterocycles. The number of hydrogen-bond donors (Lipinski definition) is 1. The minimum absolute atomic E-state index is 0.0907. The lowest BCUT2D eigenvalue weighted by molar-refractivity contribution is 0.0690. The number of piperidine rings is 1. The number of fused-ring (bicyclic) bond motifs is 1. The summed E-state index contributed by atoms with van der Waals surface area (Å²) in [6.45, 7) is 4.93. The Hall–Kier alpha value is -3.26. The fourth-order valence-corrected chi connectivity index (χ4v) is 5.77. The van der Waals surface area contributed by atoms with Crippen LogP contribution in [-0.2, 0) is 0 Å². The van der Waals surface area contributed by atoms with E-state index in [2.05, 4.69) is 16.4 Å². The Morgan fingerprint density at radius 3 is 2.79 bits per heavy atom. The van der Waals surface area contributed by atoms with E-state index >= 15 is 0 Å². The van der Waals surface area contributed by atoms with Crippen molar-refractivity contribution in [3.8, 4) is 16.2 Å². The molecule has 1 aliphatic carbocycles. The number of carbonyl (C=O) groups excluding carboxylic acids is 2. The largest absolute Gasteiger partial charge is 0.494 e. The van der Waals surface area contributed by atoms with Crippen LogP contribution in [-0.4, -0.2) is 47.9 Å². The van der Waals surface area contributed by atoms with Crippen molar-refractivity contribution in [3.05, 3.63) is 70.1 Å². The van der Waals surface area contributed by atoms with Crippen LogP contribution in [0.15, 0.2) is 42.5 Å². The number of amides is 2. The van der Waals surface area contributed by atoms with E-state index in [1.165, 1.54) is 30.6 Å². The molecule has 2 heterocycles. The monoisotopic (exact) mass is 479 g/mol. The summed E-state index contributed by atoms with van der Waals surface area (Å²) in [7, 11) is 1.38. The summed E-state index contributed by atoms with van der Waals surface area (Å²) in [6, 6.07) is 12.1. The average molecular weight is 480 g/mol. The molecule has 3 atom stereocenters. The van der Waals surface area contributed by atoms with Gasteiger partial charge in [-0.2, -0.15) is 0 Å². The molecule has 0 bridgehead atoms. The van der Waals surface area contributed by atoms with Crippen molar-refractivity contribution in [2.75, 3.05) is 20.2 Å². The molecule has 2 amide bonds. The second-order valence-corrected chi connectivity index (χ2v) is 10.2. The van der Waals surface area contributed by atoms with Gasteiger partial charge >= 0.3 is 0 Å². The molecule has 1 aliphatic heterocycles. The van der Waals surface area contributed by atoms with Gasteiger partial charge < -0.3 is 15.0 Å². The highest BCUT2D eigenvalue weighted by Gasteiger charge is 2.54. The van der Waals surface area contributed by atoms with Gasteiger partial charge in [0.1, 0.15) is 5.69 Å². The van der Waals surface area contributed by atoms with Gasteiger partial charge in [0.05, 0.1) is 23.0 Å². The van der Waals surface area contributed by atoms with Gasteiger partial charge in [0, 0.05) is 18.7 Å². The van der Waals surface area contributed by atoms with Crippen LogP contribution in [0.2, 0.25) is 0 Å². The molecule has 8 heteroatoms. The van der Waals surface area contributed by atoms with Gasteiger partial charge in [-0.25, -0.2) is 9.37 Å². The van der Waals surface area contributed by atoms with Crippen LogP contribution in [0.4, 0.5) is 4.39 Å². The molecule has 0 radical (unpaired) electrons. The lowest BCUT2D eigenvalue weighted by Gasteiger charge is -2.27. The summed E-state index contributed by atoms with van der Waals surface area (Å²) in [4.78, 5) is 33.6. The molecule has 1 N–H and O–H groups in total. The molecular formula is C26H26FN3O3S. The summed E-state index contributed by atoms with van der Waals surface area (Å²) in [5.41, 5.74) is 2.81. The van der Waals surface area contributed by atoms with Crippen LogP contribution in [0.5, 0.6) is 5.75 Å². The molecule has 1 aromatic heterocycles. The Labute approximate surface area is 201 Å². The van der Waals surface area contributed by atoms with Crippen molar-refractivity contribution < 1.29 is 18.7 Å². The molecule has 3 aromatic rings.